The van der Waals surface area contributed by atoms with Crippen LogP contribution in [0.3, 0.4) is 0 Å². The second kappa shape index (κ2) is 20.1. The minimum Gasteiger partial charge on any atom is -0.506 e. The Morgan fingerprint density at radius 3 is 1.65 bits per heavy atom. The van der Waals surface area contributed by atoms with Gasteiger partial charge < -0.3 is 30.5 Å². The van der Waals surface area contributed by atoms with Crippen molar-refractivity contribution in [2.45, 2.75) is 60.9 Å². The predicted molar refractivity (Wildman–Crippen MR) is 308 cm³/mol. The Labute approximate surface area is 485 Å². The van der Waals surface area contributed by atoms with E-state index in [2.05, 4.69) is 16.0 Å². The van der Waals surface area contributed by atoms with Crippen molar-refractivity contribution in [1.82, 2.24) is 9.44 Å². The van der Waals surface area contributed by atoms with E-state index in [1.54, 1.807) is 24.3 Å². The van der Waals surface area contributed by atoms with E-state index >= 15 is 4.79 Å². The van der Waals surface area contributed by atoms with Crippen molar-refractivity contribution in [3.05, 3.63) is 190 Å². The number of ether oxygens (including phenoxy) is 2. The number of aliphatic hydroxyl groups excluding tert-OH is 1. The minimum atomic E-state index is -5.83. The van der Waals surface area contributed by atoms with E-state index in [0.29, 0.717) is 50.0 Å². The number of fused-ring (bicyclic) bond motifs is 10. The summed E-state index contributed by atoms with van der Waals surface area (Å²) in [7, 11) is -11.7. The third kappa shape index (κ3) is 8.94. The molecule has 2 aliphatic heterocycles. The first-order valence-electron chi connectivity index (χ1n) is 27.0. The molecule has 2 amide bonds. The van der Waals surface area contributed by atoms with Gasteiger partial charge in [0.1, 0.15) is 17.3 Å². The summed E-state index contributed by atoms with van der Waals surface area (Å²) in [6.07, 6.45) is -0.520. The van der Waals surface area contributed by atoms with Crippen LogP contribution in [0.15, 0.2) is 156 Å². The molecular formula is C62H46F6N6O10S2. The molecule has 2 spiro atoms. The number of carbonyl (C=O) groups excluding carboxylic acids is 3. The largest absolute Gasteiger partial charge is 0.516 e. The lowest BCUT2D eigenvalue weighted by Crippen LogP contribution is -2.45. The number of halogens is 6. The number of rotatable bonds is 15. The molecule has 3 aliphatic carbocycles. The van der Waals surface area contributed by atoms with Crippen LogP contribution in [0.2, 0.25) is 0 Å². The summed E-state index contributed by atoms with van der Waals surface area (Å²) in [6, 6.07) is 45.3. The normalized spacial score (nSPS) is 18.5. The molecule has 0 aromatic heterocycles. The van der Waals surface area contributed by atoms with Crippen molar-refractivity contribution < 1.29 is 72.1 Å². The molecule has 13 rings (SSSR count). The highest BCUT2D eigenvalue weighted by Gasteiger charge is 2.51. The van der Waals surface area contributed by atoms with E-state index in [9.17, 15) is 57.9 Å². The summed E-state index contributed by atoms with van der Waals surface area (Å²) < 4.78 is 137. The van der Waals surface area contributed by atoms with Crippen molar-refractivity contribution in [2.24, 2.45) is 4.99 Å². The third-order valence-corrected chi connectivity index (χ3v) is 18.2. The second-order valence-electron chi connectivity index (χ2n) is 21.2. The van der Waals surface area contributed by atoms with Crippen LogP contribution < -0.4 is 45.4 Å². The number of allylic oxidation sites excluding steroid dienone is 2. The van der Waals surface area contributed by atoms with Gasteiger partial charge in [-0.1, -0.05) is 109 Å². The number of unbranched alkanes of at least 4 members (excludes halogenated alkanes) is 2. The molecule has 2 unspecified atom stereocenters. The van der Waals surface area contributed by atoms with Crippen molar-refractivity contribution in [2.75, 3.05) is 29.2 Å². The Morgan fingerprint density at radius 2 is 1.05 bits per heavy atom. The van der Waals surface area contributed by atoms with Gasteiger partial charge in [-0.05, 0) is 95.1 Å². The summed E-state index contributed by atoms with van der Waals surface area (Å²) in [4.78, 5) is 45.0. The molecule has 0 saturated heterocycles. The number of ketones is 1. The molecule has 438 valence electrons. The van der Waals surface area contributed by atoms with Crippen molar-refractivity contribution in [3.63, 3.8) is 0 Å². The van der Waals surface area contributed by atoms with Crippen molar-refractivity contribution in [3.8, 4) is 33.8 Å². The number of sulfonamides is 2. The zero-order valence-corrected chi connectivity index (χ0v) is 46.3. The average Bonchev–Trinajstić information content (AvgIpc) is 1.37. The zero-order valence-electron chi connectivity index (χ0n) is 44.7. The fraction of sp³-hybridized carbons (Fsp3) is 0.194. The van der Waals surface area contributed by atoms with Crippen molar-refractivity contribution >= 4 is 87.4 Å². The lowest BCUT2D eigenvalue weighted by Gasteiger charge is -2.41. The average molecular weight is 1210 g/mol. The molecule has 0 fully saturated rings. The number of aliphatic hydroxyl groups is 1. The van der Waals surface area contributed by atoms with E-state index in [-0.39, 0.29) is 55.8 Å². The fourth-order valence-corrected chi connectivity index (χ4v) is 13.2. The van der Waals surface area contributed by atoms with Gasteiger partial charge in [-0.15, -0.1) is 0 Å². The zero-order chi connectivity index (χ0) is 60.3. The lowest BCUT2D eigenvalue weighted by atomic mass is 9.79. The highest BCUT2D eigenvalue weighted by Crippen LogP contribution is 2.57. The monoisotopic (exact) mass is 1210 g/mol. The summed E-state index contributed by atoms with van der Waals surface area (Å²) in [6.45, 7) is 0.0688. The third-order valence-electron chi connectivity index (χ3n) is 16.0. The molecule has 6 N–H and O–H groups in total. The summed E-state index contributed by atoms with van der Waals surface area (Å²) in [5, 5.41) is 27.8. The van der Waals surface area contributed by atoms with Gasteiger partial charge in [-0.3, -0.25) is 14.4 Å². The molecule has 2 heterocycles. The van der Waals surface area contributed by atoms with Crippen LogP contribution in [0.5, 0.6) is 11.5 Å². The van der Waals surface area contributed by atoms with Crippen LogP contribution in [0, 0.1) is 0 Å². The number of amides is 2. The fourth-order valence-electron chi connectivity index (χ4n) is 12.2. The Bertz CT molecular complexity index is 4710. The van der Waals surface area contributed by atoms with Crippen molar-refractivity contribution in [1.29, 1.82) is 0 Å². The first-order chi connectivity index (χ1) is 41.0. The Hall–Kier alpha value is -9.42. The molecule has 0 radical (unpaired) electrons. The predicted octanol–water partition coefficient (Wildman–Crippen LogP) is 10.4. The molecule has 5 aliphatic rings. The van der Waals surface area contributed by atoms with Gasteiger partial charge in [0, 0.05) is 68.0 Å². The first-order valence-corrected chi connectivity index (χ1v) is 30.0. The standard InChI is InChI=1S/C62H46F6N6O10S2/c63-61(64,65)85(79,80)73-49(75)19-5-7-29-83-35-23-27-39-37-13-1-3-15-43(37)59(45(39)31-35)69-47-17-9-11-33-21-25-41(55(71-59)51(33)47)53-57(77)54(58(53)78)42-26-22-34-12-10-18-48-52(34)56(42)72-60(70-48)44-16-4-2-14-38(44)40-28-24-36(32-46(40)60)84-30-8-6-20-50(76)74-86(81,82)62(66,67)68/h1-4,9-18,21-28,31-32,69-71,77H,5-8,19-20,29-30H2,(H,73,75)(H,74,76)/b54-42-. The van der Waals surface area contributed by atoms with Crippen LogP contribution in [0.25, 0.3) is 54.9 Å². The molecule has 24 heteroatoms. The maximum absolute atomic E-state index is 15.3. The van der Waals surface area contributed by atoms with E-state index < -0.39 is 72.8 Å². The van der Waals surface area contributed by atoms with E-state index in [0.717, 1.165) is 70.2 Å². The highest BCUT2D eigenvalue weighted by atomic mass is 32.2. The topological polar surface area (TPSA) is 231 Å². The summed E-state index contributed by atoms with van der Waals surface area (Å²) in [5.41, 5.74) is -4.75. The number of nitrogens with zero attached hydrogens (tertiary/aromatic N) is 1. The summed E-state index contributed by atoms with van der Waals surface area (Å²) in [5.74, 6) is -2.45. The van der Waals surface area contributed by atoms with Gasteiger partial charge in [-0.25, -0.2) is 14.4 Å². The first kappa shape index (κ1) is 55.8. The van der Waals surface area contributed by atoms with Gasteiger partial charge in [0.25, 0.3) is 0 Å². The molecule has 86 heavy (non-hydrogen) atoms. The lowest BCUT2D eigenvalue weighted by molar-refractivity contribution is -0.120. The molecule has 2 atom stereocenters. The highest BCUT2D eigenvalue weighted by molar-refractivity contribution is 7.91. The number of nitrogens with one attached hydrogen (secondary N) is 5. The number of alkyl halides is 6. The quantitative estimate of drug-likeness (QED) is 0.0415. The van der Waals surface area contributed by atoms with Gasteiger partial charge in [0.2, 0.25) is 17.6 Å². The number of hydrogen-bond acceptors (Lipinski definition) is 14. The maximum atomic E-state index is 15.3. The van der Waals surface area contributed by atoms with Crippen LogP contribution in [-0.2, 0) is 45.8 Å². The molecule has 0 bridgehead atoms. The van der Waals surface area contributed by atoms with Crippen LogP contribution >= 0.6 is 0 Å². The SMILES string of the molecule is O=C(CCCCOc1ccc2c(c1)C1(N=c3/c(=C4\C(=O)C(c5ccc6cccc7c6c5NC5(N7)c6ccccc6-c6ccc(OCCCCC(=O)NS(=O)(=O)C(F)(F)F)cc65)=C4O)ccc4cccc(c34)N1)c1ccccc1-2)NS(=O)(=O)C(F)(F)F. The maximum Gasteiger partial charge on any atom is 0.516 e. The minimum absolute atomic E-state index is 0.0273. The van der Waals surface area contributed by atoms with Gasteiger partial charge in [0.05, 0.1) is 35.4 Å². The number of hydrogen-bond donors (Lipinski definition) is 6. The smallest absolute Gasteiger partial charge is 0.506 e. The molecular weight excluding hydrogens is 1170 g/mol. The van der Waals surface area contributed by atoms with E-state index in [1.807, 2.05) is 121 Å². The molecule has 8 aromatic rings. The van der Waals surface area contributed by atoms with Crippen LogP contribution in [-0.4, -0.2) is 63.8 Å². The Balaban J connectivity index is 0.845. The summed E-state index contributed by atoms with van der Waals surface area (Å²) >= 11 is 0. The Morgan fingerprint density at radius 1 is 0.535 bits per heavy atom. The van der Waals surface area contributed by atoms with E-state index in [1.165, 1.54) is 0 Å². The molecule has 0 saturated carbocycles. The number of carbonyl (C=O) groups is 3. The Kier molecular flexibility index (Phi) is 13.0. The molecule has 8 aromatic carbocycles. The van der Waals surface area contributed by atoms with Crippen LogP contribution in [0.1, 0.15) is 66.3 Å². The molecule has 16 nitrogen and oxygen atoms in total. The number of Topliss-reactive ketones (excluding diaryl/α,β-unsaturated/α-hetero) is 1. The van der Waals surface area contributed by atoms with Gasteiger partial charge in [0.15, 0.2) is 11.3 Å². The van der Waals surface area contributed by atoms with Gasteiger partial charge >= 0.3 is 31.1 Å². The van der Waals surface area contributed by atoms with E-state index in [4.69, 9.17) is 14.5 Å². The number of anilines is 3. The number of benzene rings is 8. The van der Waals surface area contributed by atoms with Gasteiger partial charge in [-0.2, -0.15) is 43.2 Å². The van der Waals surface area contributed by atoms with Crippen LogP contribution in [0.4, 0.5) is 43.4 Å². The second-order valence-corrected chi connectivity index (χ2v) is 24.5.